The molecule has 0 radical (unpaired) electrons. The summed E-state index contributed by atoms with van der Waals surface area (Å²) in [7, 11) is 0. The average molecular weight is 336 g/mol. The number of rotatable bonds is 5. The van der Waals surface area contributed by atoms with Gasteiger partial charge in [0.25, 0.3) is 0 Å². The van der Waals surface area contributed by atoms with E-state index in [0.29, 0.717) is 12.5 Å². The Morgan fingerprint density at radius 3 is 2.65 bits per heavy atom. The van der Waals surface area contributed by atoms with Gasteiger partial charge in [-0.05, 0) is 25.3 Å². The van der Waals surface area contributed by atoms with Crippen LogP contribution in [-0.4, -0.2) is 16.1 Å². The summed E-state index contributed by atoms with van der Waals surface area (Å²) < 4.78 is 3.29. The van der Waals surface area contributed by atoms with Crippen LogP contribution in [0.5, 0.6) is 0 Å². The highest BCUT2D eigenvalue weighted by Gasteiger charge is 2.28. The van der Waals surface area contributed by atoms with E-state index in [1.54, 1.807) is 0 Å². The van der Waals surface area contributed by atoms with Crippen LogP contribution in [-0.2, 0) is 5.54 Å². The van der Waals surface area contributed by atoms with E-state index in [-0.39, 0.29) is 5.54 Å². The van der Waals surface area contributed by atoms with Crippen LogP contribution >= 0.6 is 15.9 Å². The Hall–Kier alpha value is -1.13. The molecule has 4 heteroatoms. The average Bonchev–Trinajstić information content (AvgIpc) is 2.88. The highest BCUT2D eigenvalue weighted by atomic mass is 79.9. The summed E-state index contributed by atoms with van der Waals surface area (Å²) >= 11 is 3.62. The first-order valence-corrected chi connectivity index (χ1v) is 7.75. The maximum Gasteiger partial charge on any atom is 0.0956 e. The van der Waals surface area contributed by atoms with Gasteiger partial charge in [0.1, 0.15) is 0 Å². The number of aromatic nitrogens is 2. The standard InChI is InChI=1S/C16H22BrN3/c1-12(2)8-16(3,10-18)20-11-19-9-15(20)13-6-4-5-7-14(13)17/h4-7,9,11-12H,8,10,18H2,1-3H3. The molecule has 0 aliphatic rings. The lowest BCUT2D eigenvalue weighted by atomic mass is 9.90. The minimum Gasteiger partial charge on any atom is -0.328 e. The van der Waals surface area contributed by atoms with Gasteiger partial charge in [-0.3, -0.25) is 0 Å². The summed E-state index contributed by atoms with van der Waals surface area (Å²) in [6.45, 7) is 7.25. The molecule has 0 bridgehead atoms. The molecular weight excluding hydrogens is 314 g/mol. The van der Waals surface area contributed by atoms with E-state index < -0.39 is 0 Å². The first-order valence-electron chi connectivity index (χ1n) is 6.96. The third kappa shape index (κ3) is 2.96. The van der Waals surface area contributed by atoms with Gasteiger partial charge in [0.05, 0.1) is 23.8 Å². The van der Waals surface area contributed by atoms with Crippen molar-refractivity contribution in [3.8, 4) is 11.3 Å². The Bertz CT molecular complexity index is 577. The third-order valence-corrected chi connectivity index (χ3v) is 4.35. The summed E-state index contributed by atoms with van der Waals surface area (Å²) in [5.74, 6) is 0.581. The second-order valence-electron chi connectivity index (χ2n) is 5.93. The van der Waals surface area contributed by atoms with Crippen LogP contribution in [0.2, 0.25) is 0 Å². The van der Waals surface area contributed by atoms with Crippen LogP contribution in [0.15, 0.2) is 41.3 Å². The summed E-state index contributed by atoms with van der Waals surface area (Å²) in [5, 5.41) is 0. The quantitative estimate of drug-likeness (QED) is 0.896. The summed E-state index contributed by atoms with van der Waals surface area (Å²) in [6.07, 6.45) is 4.83. The van der Waals surface area contributed by atoms with Crippen LogP contribution in [0.4, 0.5) is 0 Å². The number of halogens is 1. The van der Waals surface area contributed by atoms with Gasteiger partial charge in [-0.15, -0.1) is 0 Å². The normalized spacial score (nSPS) is 14.5. The molecule has 0 fully saturated rings. The first-order chi connectivity index (χ1) is 9.48. The van der Waals surface area contributed by atoms with Crippen LogP contribution < -0.4 is 5.73 Å². The van der Waals surface area contributed by atoms with Crippen molar-refractivity contribution < 1.29 is 0 Å². The molecule has 1 aromatic heterocycles. The van der Waals surface area contributed by atoms with Crippen molar-refractivity contribution in [2.75, 3.05) is 6.54 Å². The van der Waals surface area contributed by atoms with Gasteiger partial charge in [-0.25, -0.2) is 4.98 Å². The molecule has 108 valence electrons. The van der Waals surface area contributed by atoms with Crippen molar-refractivity contribution >= 4 is 15.9 Å². The molecule has 0 saturated heterocycles. The molecule has 1 aromatic carbocycles. The predicted octanol–water partition coefficient (Wildman–Crippen LogP) is 4.03. The SMILES string of the molecule is CC(C)CC(C)(CN)n1cncc1-c1ccccc1Br. The number of hydrogen-bond acceptors (Lipinski definition) is 2. The molecular formula is C16H22BrN3. The van der Waals surface area contributed by atoms with Crippen LogP contribution in [0.3, 0.4) is 0 Å². The Morgan fingerprint density at radius 1 is 1.35 bits per heavy atom. The zero-order chi connectivity index (χ0) is 14.8. The van der Waals surface area contributed by atoms with Crippen LogP contribution in [0.1, 0.15) is 27.2 Å². The highest BCUT2D eigenvalue weighted by Crippen LogP contribution is 2.33. The fourth-order valence-corrected chi connectivity index (χ4v) is 3.24. The molecule has 0 aliphatic heterocycles. The van der Waals surface area contributed by atoms with Gasteiger partial charge in [0.2, 0.25) is 0 Å². The van der Waals surface area contributed by atoms with Gasteiger partial charge in [-0.1, -0.05) is 48.0 Å². The number of nitrogens with two attached hydrogens (primary N) is 1. The Morgan fingerprint density at radius 2 is 2.05 bits per heavy atom. The second-order valence-corrected chi connectivity index (χ2v) is 6.78. The molecule has 1 unspecified atom stereocenters. The summed E-state index contributed by atoms with van der Waals surface area (Å²) in [6, 6.07) is 8.21. The molecule has 0 aliphatic carbocycles. The number of nitrogens with zero attached hydrogens (tertiary/aromatic N) is 2. The topological polar surface area (TPSA) is 43.8 Å². The molecule has 2 rings (SSSR count). The lowest BCUT2D eigenvalue weighted by molar-refractivity contribution is 0.267. The minimum absolute atomic E-state index is 0.116. The van der Waals surface area contributed by atoms with Gasteiger partial charge in [0, 0.05) is 16.6 Å². The second kappa shape index (κ2) is 6.10. The van der Waals surface area contributed by atoms with E-state index in [1.165, 1.54) is 0 Å². The summed E-state index contributed by atoms with van der Waals surface area (Å²) in [5.41, 5.74) is 8.20. The van der Waals surface area contributed by atoms with Crippen molar-refractivity contribution in [1.82, 2.24) is 9.55 Å². The third-order valence-electron chi connectivity index (χ3n) is 3.66. The Kier molecular flexibility index (Phi) is 4.66. The van der Waals surface area contributed by atoms with Crippen molar-refractivity contribution in [3.63, 3.8) is 0 Å². The largest absolute Gasteiger partial charge is 0.328 e. The van der Waals surface area contributed by atoms with E-state index in [2.05, 4.69) is 58.4 Å². The van der Waals surface area contributed by atoms with Crippen molar-refractivity contribution in [1.29, 1.82) is 0 Å². The Labute approximate surface area is 129 Å². The smallest absolute Gasteiger partial charge is 0.0956 e. The molecule has 2 N–H and O–H groups in total. The zero-order valence-electron chi connectivity index (χ0n) is 12.3. The summed E-state index contributed by atoms with van der Waals surface area (Å²) in [4.78, 5) is 4.35. The maximum atomic E-state index is 6.07. The molecule has 2 aromatic rings. The molecule has 0 amide bonds. The van der Waals surface area contributed by atoms with Crippen LogP contribution in [0.25, 0.3) is 11.3 Å². The van der Waals surface area contributed by atoms with Gasteiger partial charge < -0.3 is 10.3 Å². The van der Waals surface area contributed by atoms with E-state index in [4.69, 9.17) is 5.73 Å². The fourth-order valence-electron chi connectivity index (χ4n) is 2.75. The molecule has 0 saturated carbocycles. The van der Waals surface area contributed by atoms with Crippen molar-refractivity contribution in [3.05, 3.63) is 41.3 Å². The molecule has 0 spiro atoms. The van der Waals surface area contributed by atoms with E-state index in [9.17, 15) is 0 Å². The minimum atomic E-state index is -0.116. The van der Waals surface area contributed by atoms with Crippen molar-refractivity contribution in [2.45, 2.75) is 32.7 Å². The molecule has 1 atom stereocenters. The molecule has 20 heavy (non-hydrogen) atoms. The van der Waals surface area contributed by atoms with Gasteiger partial charge in [0.15, 0.2) is 0 Å². The van der Waals surface area contributed by atoms with Crippen LogP contribution in [0, 0.1) is 5.92 Å². The van der Waals surface area contributed by atoms with E-state index in [0.717, 1.165) is 22.2 Å². The first kappa shape index (κ1) is 15.3. The van der Waals surface area contributed by atoms with Gasteiger partial charge >= 0.3 is 0 Å². The van der Waals surface area contributed by atoms with E-state index >= 15 is 0 Å². The highest BCUT2D eigenvalue weighted by molar-refractivity contribution is 9.10. The lowest BCUT2D eigenvalue weighted by Gasteiger charge is -2.33. The number of benzene rings is 1. The Balaban J connectivity index is 2.50. The predicted molar refractivity (Wildman–Crippen MR) is 87.5 cm³/mol. The fraction of sp³-hybridized carbons (Fsp3) is 0.438. The van der Waals surface area contributed by atoms with E-state index in [1.807, 2.05) is 24.7 Å². The number of imidazole rings is 1. The zero-order valence-corrected chi connectivity index (χ0v) is 13.9. The number of hydrogen-bond donors (Lipinski definition) is 1. The lowest BCUT2D eigenvalue weighted by Crippen LogP contribution is -2.39. The maximum absolute atomic E-state index is 6.07. The molecule has 3 nitrogen and oxygen atoms in total. The monoisotopic (exact) mass is 335 g/mol. The van der Waals surface area contributed by atoms with Crippen molar-refractivity contribution in [2.24, 2.45) is 11.7 Å². The molecule has 1 heterocycles. The van der Waals surface area contributed by atoms with Gasteiger partial charge in [-0.2, -0.15) is 0 Å².